The number of nitrogens with zero attached hydrogens (tertiary/aromatic N) is 3. The molecule has 1 N–H and O–H groups in total. The van der Waals surface area contributed by atoms with Crippen LogP contribution in [-0.4, -0.2) is 34.6 Å². The molecular formula is C19H20N4O2. The van der Waals surface area contributed by atoms with Gasteiger partial charge in [0.2, 0.25) is 11.8 Å². The highest BCUT2D eigenvalue weighted by atomic mass is 16.5. The summed E-state index contributed by atoms with van der Waals surface area (Å²) >= 11 is 0. The van der Waals surface area contributed by atoms with E-state index in [1.807, 2.05) is 41.1 Å². The number of imidazole rings is 1. The molecule has 0 saturated carbocycles. The summed E-state index contributed by atoms with van der Waals surface area (Å²) in [7, 11) is 3.24. The lowest BCUT2D eigenvalue weighted by atomic mass is 10.1. The van der Waals surface area contributed by atoms with E-state index in [1.54, 1.807) is 26.6 Å². The van der Waals surface area contributed by atoms with Crippen molar-refractivity contribution in [3.63, 3.8) is 0 Å². The third kappa shape index (κ3) is 3.85. The van der Waals surface area contributed by atoms with E-state index in [-0.39, 0.29) is 5.91 Å². The fourth-order valence-electron chi connectivity index (χ4n) is 2.63. The third-order valence-electron chi connectivity index (χ3n) is 3.95. The molecule has 2 aromatic heterocycles. The molecule has 1 amide bonds. The van der Waals surface area contributed by atoms with Crippen molar-refractivity contribution in [2.75, 3.05) is 14.2 Å². The number of amides is 1. The molecular weight excluding hydrogens is 316 g/mol. The Balaban J connectivity index is 1.90. The van der Waals surface area contributed by atoms with Crippen LogP contribution in [0.5, 0.6) is 5.88 Å². The van der Waals surface area contributed by atoms with E-state index in [0.29, 0.717) is 18.7 Å². The zero-order chi connectivity index (χ0) is 17.6. The average molecular weight is 336 g/mol. The zero-order valence-electron chi connectivity index (χ0n) is 14.3. The van der Waals surface area contributed by atoms with Crippen molar-refractivity contribution in [2.24, 2.45) is 0 Å². The van der Waals surface area contributed by atoms with E-state index in [0.717, 1.165) is 22.6 Å². The summed E-state index contributed by atoms with van der Waals surface area (Å²) in [4.78, 5) is 20.1. The molecule has 25 heavy (non-hydrogen) atoms. The molecule has 0 unspecified atom stereocenters. The summed E-state index contributed by atoms with van der Waals surface area (Å²) in [6, 6.07) is 11.9. The summed E-state index contributed by atoms with van der Waals surface area (Å²) < 4.78 is 7.21. The van der Waals surface area contributed by atoms with Crippen molar-refractivity contribution in [3.05, 3.63) is 60.6 Å². The maximum absolute atomic E-state index is 11.5. The van der Waals surface area contributed by atoms with Crippen LogP contribution in [0.1, 0.15) is 12.0 Å². The molecule has 0 spiro atoms. The second kappa shape index (κ2) is 7.61. The first-order chi connectivity index (χ1) is 12.2. The zero-order valence-corrected chi connectivity index (χ0v) is 14.3. The van der Waals surface area contributed by atoms with Gasteiger partial charge in [0.25, 0.3) is 0 Å². The molecule has 0 fully saturated rings. The van der Waals surface area contributed by atoms with E-state index in [1.165, 1.54) is 0 Å². The third-order valence-corrected chi connectivity index (χ3v) is 3.95. The quantitative estimate of drug-likeness (QED) is 0.751. The summed E-state index contributed by atoms with van der Waals surface area (Å²) in [6.45, 7) is 0. The fraction of sp³-hybridized carbons (Fsp3) is 0.211. The Hall–Kier alpha value is -3.15. The van der Waals surface area contributed by atoms with Crippen molar-refractivity contribution >= 4 is 5.91 Å². The van der Waals surface area contributed by atoms with Gasteiger partial charge in [-0.2, -0.15) is 0 Å². The number of aryl methyl sites for hydroxylation is 1. The number of carbonyl (C=O) groups excluding carboxylic acids is 1. The first-order valence-electron chi connectivity index (χ1n) is 8.05. The van der Waals surface area contributed by atoms with Crippen molar-refractivity contribution in [2.45, 2.75) is 12.8 Å². The Morgan fingerprint density at radius 2 is 2.08 bits per heavy atom. The van der Waals surface area contributed by atoms with Crippen LogP contribution in [0.3, 0.4) is 0 Å². The molecule has 2 heterocycles. The molecule has 0 atom stereocenters. The van der Waals surface area contributed by atoms with Gasteiger partial charge in [0.1, 0.15) is 5.82 Å². The van der Waals surface area contributed by atoms with E-state index in [2.05, 4.69) is 21.4 Å². The van der Waals surface area contributed by atoms with Crippen LogP contribution in [0.15, 0.2) is 55.0 Å². The van der Waals surface area contributed by atoms with Crippen LogP contribution in [0, 0.1) is 0 Å². The van der Waals surface area contributed by atoms with Crippen LogP contribution in [0.25, 0.3) is 17.1 Å². The van der Waals surface area contributed by atoms with E-state index < -0.39 is 0 Å². The summed E-state index contributed by atoms with van der Waals surface area (Å²) in [5.74, 6) is 1.40. The van der Waals surface area contributed by atoms with Crippen LogP contribution < -0.4 is 10.1 Å². The first-order valence-corrected chi connectivity index (χ1v) is 8.05. The number of carbonyl (C=O) groups is 1. The number of hydrogen-bond acceptors (Lipinski definition) is 4. The van der Waals surface area contributed by atoms with Gasteiger partial charge in [-0.05, 0) is 30.2 Å². The van der Waals surface area contributed by atoms with Gasteiger partial charge in [-0.3, -0.25) is 9.36 Å². The topological polar surface area (TPSA) is 69.0 Å². The molecule has 3 aromatic rings. The van der Waals surface area contributed by atoms with Gasteiger partial charge < -0.3 is 10.1 Å². The molecule has 0 aliphatic carbocycles. The average Bonchev–Trinajstić information content (AvgIpc) is 3.16. The van der Waals surface area contributed by atoms with Gasteiger partial charge in [-0.25, -0.2) is 9.97 Å². The van der Waals surface area contributed by atoms with Gasteiger partial charge in [0.15, 0.2) is 0 Å². The molecule has 0 saturated heterocycles. The Labute approximate surface area is 146 Å². The Morgan fingerprint density at radius 3 is 2.88 bits per heavy atom. The predicted octanol–water partition coefficient (Wildman–Crippen LogP) is 2.62. The van der Waals surface area contributed by atoms with E-state index in [9.17, 15) is 4.79 Å². The lowest BCUT2D eigenvalue weighted by Gasteiger charge is -2.10. The molecule has 0 aliphatic heterocycles. The fourth-order valence-corrected chi connectivity index (χ4v) is 2.63. The molecule has 6 nitrogen and oxygen atoms in total. The number of hydrogen-bond donors (Lipinski definition) is 1. The van der Waals surface area contributed by atoms with E-state index in [4.69, 9.17) is 4.74 Å². The summed E-state index contributed by atoms with van der Waals surface area (Å²) in [5.41, 5.74) is 3.03. The molecule has 6 heteroatoms. The second-order valence-corrected chi connectivity index (χ2v) is 5.55. The monoisotopic (exact) mass is 336 g/mol. The minimum Gasteiger partial charge on any atom is -0.481 e. The maximum Gasteiger partial charge on any atom is 0.220 e. The number of methoxy groups -OCH3 is 1. The lowest BCUT2D eigenvalue weighted by Crippen LogP contribution is -2.17. The molecule has 3 rings (SSSR count). The van der Waals surface area contributed by atoms with Crippen molar-refractivity contribution in [1.29, 1.82) is 0 Å². The molecule has 0 bridgehead atoms. The molecule has 1 aromatic carbocycles. The number of nitrogens with one attached hydrogen (secondary N) is 1. The smallest absolute Gasteiger partial charge is 0.220 e. The Bertz CT molecular complexity index is 873. The van der Waals surface area contributed by atoms with Crippen molar-refractivity contribution in [1.82, 2.24) is 19.9 Å². The summed E-state index contributed by atoms with van der Waals surface area (Å²) in [6.07, 6.45) is 6.55. The largest absolute Gasteiger partial charge is 0.481 e. The van der Waals surface area contributed by atoms with Gasteiger partial charge in [0, 0.05) is 49.4 Å². The SMILES string of the molecule is CNC(=O)CCc1cccc(-n2ccnc2-c2ccnc(OC)c2)c1. The number of rotatable bonds is 6. The molecule has 0 aliphatic rings. The highest BCUT2D eigenvalue weighted by Crippen LogP contribution is 2.24. The molecule has 128 valence electrons. The minimum absolute atomic E-state index is 0.0394. The van der Waals surface area contributed by atoms with Gasteiger partial charge >= 0.3 is 0 Å². The van der Waals surface area contributed by atoms with Gasteiger partial charge in [-0.15, -0.1) is 0 Å². The number of pyridine rings is 1. The first kappa shape index (κ1) is 16.7. The lowest BCUT2D eigenvalue weighted by molar-refractivity contribution is -0.120. The highest BCUT2D eigenvalue weighted by molar-refractivity contribution is 5.75. The Kier molecular flexibility index (Phi) is 5.09. The maximum atomic E-state index is 11.5. The minimum atomic E-state index is 0.0394. The molecule has 0 radical (unpaired) electrons. The van der Waals surface area contributed by atoms with Crippen LogP contribution >= 0.6 is 0 Å². The van der Waals surface area contributed by atoms with E-state index >= 15 is 0 Å². The number of aromatic nitrogens is 3. The number of benzene rings is 1. The predicted molar refractivity (Wildman–Crippen MR) is 95.7 cm³/mol. The van der Waals surface area contributed by atoms with Crippen molar-refractivity contribution in [3.8, 4) is 23.0 Å². The van der Waals surface area contributed by atoms with Crippen LogP contribution in [0.2, 0.25) is 0 Å². The van der Waals surface area contributed by atoms with Crippen molar-refractivity contribution < 1.29 is 9.53 Å². The highest BCUT2D eigenvalue weighted by Gasteiger charge is 2.10. The van der Waals surface area contributed by atoms with Gasteiger partial charge in [-0.1, -0.05) is 12.1 Å². The van der Waals surface area contributed by atoms with Gasteiger partial charge in [0.05, 0.1) is 7.11 Å². The Morgan fingerprint density at radius 1 is 1.20 bits per heavy atom. The number of ether oxygens (including phenoxy) is 1. The van der Waals surface area contributed by atoms with Crippen LogP contribution in [0.4, 0.5) is 0 Å². The standard InChI is InChI=1S/C19H20N4O2/c1-20-17(24)7-6-14-4-3-5-16(12-14)23-11-10-22-19(23)15-8-9-21-18(13-15)25-2/h3-5,8-13H,6-7H2,1-2H3,(H,20,24). The van der Waals surface area contributed by atoms with Crippen LogP contribution in [-0.2, 0) is 11.2 Å². The normalized spacial score (nSPS) is 10.5. The summed E-state index contributed by atoms with van der Waals surface area (Å²) in [5, 5.41) is 2.65. The second-order valence-electron chi connectivity index (χ2n) is 5.55.